The molecule has 0 aromatic heterocycles. The highest BCUT2D eigenvalue weighted by molar-refractivity contribution is 5.20. The minimum atomic E-state index is -0.455. The van der Waals surface area contributed by atoms with Crippen molar-refractivity contribution in [2.45, 2.75) is 44.8 Å². The molecule has 1 saturated carbocycles. The molecule has 2 rings (SSSR count). The van der Waals surface area contributed by atoms with E-state index in [0.29, 0.717) is 19.2 Å². The second kappa shape index (κ2) is 7.51. The van der Waals surface area contributed by atoms with Crippen molar-refractivity contribution in [2.75, 3.05) is 13.2 Å². The van der Waals surface area contributed by atoms with Gasteiger partial charge in [0.1, 0.15) is 18.5 Å². The molecule has 3 heteroatoms. The maximum absolute atomic E-state index is 9.91. The predicted molar refractivity (Wildman–Crippen MR) is 77.4 cm³/mol. The number of benzene rings is 1. The van der Waals surface area contributed by atoms with Crippen molar-refractivity contribution in [1.82, 2.24) is 5.32 Å². The molecule has 1 aromatic carbocycles. The van der Waals surface area contributed by atoms with Gasteiger partial charge in [-0.3, -0.25) is 0 Å². The summed E-state index contributed by atoms with van der Waals surface area (Å²) in [4.78, 5) is 0. The first-order chi connectivity index (χ1) is 9.25. The number of aliphatic hydroxyl groups excluding tert-OH is 1. The van der Waals surface area contributed by atoms with Crippen molar-refractivity contribution >= 4 is 0 Å². The Balaban J connectivity index is 1.62. The Bertz CT molecular complexity index is 349. The molecule has 1 aliphatic rings. The van der Waals surface area contributed by atoms with Gasteiger partial charge in [0.25, 0.3) is 0 Å². The lowest BCUT2D eigenvalue weighted by Gasteiger charge is -2.22. The number of nitrogens with one attached hydrogen (secondary N) is 1. The van der Waals surface area contributed by atoms with E-state index in [2.05, 4.69) is 12.2 Å². The highest BCUT2D eigenvalue weighted by Gasteiger charge is 2.21. The number of hydrogen-bond donors (Lipinski definition) is 2. The average Bonchev–Trinajstić information content (AvgIpc) is 2.98. The summed E-state index contributed by atoms with van der Waals surface area (Å²) in [6.45, 7) is 3.17. The molecule has 0 spiro atoms. The number of aliphatic hydroxyl groups is 1. The zero-order chi connectivity index (χ0) is 13.5. The van der Waals surface area contributed by atoms with Crippen LogP contribution in [0, 0.1) is 5.92 Å². The van der Waals surface area contributed by atoms with Crippen LogP contribution in [0.2, 0.25) is 0 Å². The van der Waals surface area contributed by atoms with Gasteiger partial charge in [-0.25, -0.2) is 0 Å². The molecular weight excluding hydrogens is 238 g/mol. The van der Waals surface area contributed by atoms with Gasteiger partial charge < -0.3 is 15.2 Å². The second-order valence-corrected chi connectivity index (χ2v) is 5.52. The maximum atomic E-state index is 9.91. The number of rotatable bonds is 7. The monoisotopic (exact) mass is 263 g/mol. The van der Waals surface area contributed by atoms with Crippen molar-refractivity contribution in [3.8, 4) is 5.75 Å². The van der Waals surface area contributed by atoms with Crippen LogP contribution in [-0.2, 0) is 0 Å². The molecule has 0 aliphatic heterocycles. The zero-order valence-corrected chi connectivity index (χ0v) is 11.7. The van der Waals surface area contributed by atoms with Gasteiger partial charge >= 0.3 is 0 Å². The standard InChI is InChI=1S/C16H25NO2/c1-13(14-7-5-6-8-14)17-11-15(18)12-19-16-9-3-2-4-10-16/h2-4,9-10,13-15,17-18H,5-8,11-12H2,1H3/t13-,15?/m1/s1. The van der Waals surface area contributed by atoms with Crippen molar-refractivity contribution < 1.29 is 9.84 Å². The van der Waals surface area contributed by atoms with Crippen LogP contribution in [-0.4, -0.2) is 30.4 Å². The number of para-hydroxylation sites is 1. The van der Waals surface area contributed by atoms with Crippen molar-refractivity contribution in [1.29, 1.82) is 0 Å². The third kappa shape index (κ3) is 4.84. The molecule has 0 amide bonds. The highest BCUT2D eigenvalue weighted by atomic mass is 16.5. The SMILES string of the molecule is C[C@@H](NCC(O)COc1ccccc1)C1CCCC1. The fourth-order valence-corrected chi connectivity index (χ4v) is 2.71. The summed E-state index contributed by atoms with van der Waals surface area (Å²) in [6, 6.07) is 10.1. The van der Waals surface area contributed by atoms with E-state index in [4.69, 9.17) is 4.74 Å². The fourth-order valence-electron chi connectivity index (χ4n) is 2.71. The van der Waals surface area contributed by atoms with Gasteiger partial charge in [-0.15, -0.1) is 0 Å². The first kappa shape index (κ1) is 14.4. The van der Waals surface area contributed by atoms with Crippen LogP contribution in [0.4, 0.5) is 0 Å². The molecule has 1 aromatic rings. The number of hydrogen-bond acceptors (Lipinski definition) is 3. The van der Waals surface area contributed by atoms with Gasteiger partial charge in [-0.05, 0) is 37.8 Å². The average molecular weight is 263 g/mol. The van der Waals surface area contributed by atoms with Crippen molar-refractivity contribution in [3.63, 3.8) is 0 Å². The van der Waals surface area contributed by atoms with E-state index in [1.54, 1.807) is 0 Å². The van der Waals surface area contributed by atoms with Gasteiger partial charge in [0, 0.05) is 12.6 Å². The first-order valence-corrected chi connectivity index (χ1v) is 7.35. The summed E-state index contributed by atoms with van der Waals surface area (Å²) in [5, 5.41) is 13.3. The van der Waals surface area contributed by atoms with Crippen LogP contribution >= 0.6 is 0 Å². The molecule has 0 saturated heterocycles. The summed E-state index contributed by atoms with van der Waals surface area (Å²) in [5.74, 6) is 1.59. The summed E-state index contributed by atoms with van der Waals surface area (Å²) in [6.07, 6.45) is 4.91. The van der Waals surface area contributed by atoms with Crippen LogP contribution in [0.15, 0.2) is 30.3 Å². The maximum Gasteiger partial charge on any atom is 0.119 e. The zero-order valence-electron chi connectivity index (χ0n) is 11.7. The molecule has 0 radical (unpaired) electrons. The first-order valence-electron chi connectivity index (χ1n) is 7.35. The molecule has 3 nitrogen and oxygen atoms in total. The second-order valence-electron chi connectivity index (χ2n) is 5.52. The summed E-state index contributed by atoms with van der Waals surface area (Å²) < 4.78 is 5.54. The van der Waals surface area contributed by atoms with Crippen LogP contribution in [0.1, 0.15) is 32.6 Å². The van der Waals surface area contributed by atoms with Gasteiger partial charge in [0.2, 0.25) is 0 Å². The fraction of sp³-hybridized carbons (Fsp3) is 0.625. The smallest absolute Gasteiger partial charge is 0.119 e. The minimum absolute atomic E-state index is 0.342. The van der Waals surface area contributed by atoms with Crippen LogP contribution in [0.5, 0.6) is 5.75 Å². The summed E-state index contributed by atoms with van der Waals surface area (Å²) >= 11 is 0. The van der Waals surface area contributed by atoms with E-state index in [9.17, 15) is 5.11 Å². The van der Waals surface area contributed by atoms with E-state index >= 15 is 0 Å². The van der Waals surface area contributed by atoms with E-state index in [0.717, 1.165) is 11.7 Å². The Labute approximate surface area is 116 Å². The van der Waals surface area contributed by atoms with Crippen LogP contribution in [0.3, 0.4) is 0 Å². The van der Waals surface area contributed by atoms with E-state index < -0.39 is 6.10 Å². The lowest BCUT2D eigenvalue weighted by atomic mass is 10.00. The molecule has 1 unspecified atom stereocenters. The number of ether oxygens (including phenoxy) is 1. The third-order valence-corrected chi connectivity index (χ3v) is 3.97. The topological polar surface area (TPSA) is 41.5 Å². The van der Waals surface area contributed by atoms with Gasteiger partial charge in [-0.2, -0.15) is 0 Å². The van der Waals surface area contributed by atoms with Gasteiger partial charge in [0.05, 0.1) is 0 Å². The predicted octanol–water partition coefficient (Wildman–Crippen LogP) is 2.59. The lowest BCUT2D eigenvalue weighted by molar-refractivity contribution is 0.102. The van der Waals surface area contributed by atoms with Gasteiger partial charge in [-0.1, -0.05) is 31.0 Å². The largest absolute Gasteiger partial charge is 0.491 e. The summed E-state index contributed by atoms with van der Waals surface area (Å²) in [5.41, 5.74) is 0. The Morgan fingerprint density at radius 1 is 1.26 bits per heavy atom. The molecule has 2 atom stereocenters. The molecule has 2 N–H and O–H groups in total. The molecule has 1 fully saturated rings. The van der Waals surface area contributed by atoms with Crippen LogP contribution < -0.4 is 10.1 Å². The normalized spacial score (nSPS) is 19.3. The third-order valence-electron chi connectivity index (χ3n) is 3.97. The molecule has 1 aliphatic carbocycles. The van der Waals surface area contributed by atoms with E-state index in [1.807, 2.05) is 30.3 Å². The highest BCUT2D eigenvalue weighted by Crippen LogP contribution is 2.27. The quantitative estimate of drug-likeness (QED) is 0.794. The minimum Gasteiger partial charge on any atom is -0.491 e. The Kier molecular flexibility index (Phi) is 5.67. The van der Waals surface area contributed by atoms with Gasteiger partial charge in [0.15, 0.2) is 0 Å². The molecule has 0 heterocycles. The van der Waals surface area contributed by atoms with E-state index in [-0.39, 0.29) is 0 Å². The Morgan fingerprint density at radius 3 is 2.63 bits per heavy atom. The summed E-state index contributed by atoms with van der Waals surface area (Å²) in [7, 11) is 0. The molecule has 106 valence electrons. The molecular formula is C16H25NO2. The Hall–Kier alpha value is -1.06. The molecule has 0 bridgehead atoms. The van der Waals surface area contributed by atoms with Crippen molar-refractivity contribution in [2.24, 2.45) is 5.92 Å². The Morgan fingerprint density at radius 2 is 1.95 bits per heavy atom. The van der Waals surface area contributed by atoms with E-state index in [1.165, 1.54) is 25.7 Å². The van der Waals surface area contributed by atoms with Crippen molar-refractivity contribution in [3.05, 3.63) is 30.3 Å². The van der Waals surface area contributed by atoms with Crippen LogP contribution in [0.25, 0.3) is 0 Å². The molecule has 19 heavy (non-hydrogen) atoms. The lowest BCUT2D eigenvalue weighted by Crippen LogP contribution is -2.39.